The molecule has 1 nitrogen and oxygen atoms in total. The van der Waals surface area contributed by atoms with Gasteiger partial charge in [0.2, 0.25) is 0 Å². The van der Waals surface area contributed by atoms with E-state index in [0.29, 0.717) is 6.42 Å². The second-order valence-corrected chi connectivity index (χ2v) is 2.46. The van der Waals surface area contributed by atoms with Crippen LogP contribution in [0.4, 0.5) is 4.39 Å². The third-order valence-corrected chi connectivity index (χ3v) is 1.73. The SMILES string of the molecule is N[C@H]1CCCCC1F. The van der Waals surface area contributed by atoms with Crippen LogP contribution in [0.15, 0.2) is 0 Å². The summed E-state index contributed by atoms with van der Waals surface area (Å²) in [5.41, 5.74) is 5.40. The first-order valence-corrected chi connectivity index (χ1v) is 3.20. The summed E-state index contributed by atoms with van der Waals surface area (Å²) in [4.78, 5) is 0. The van der Waals surface area contributed by atoms with Gasteiger partial charge in [0.15, 0.2) is 0 Å². The summed E-state index contributed by atoms with van der Waals surface area (Å²) in [7, 11) is 0. The van der Waals surface area contributed by atoms with Crippen molar-refractivity contribution in [3.8, 4) is 0 Å². The first kappa shape index (κ1) is 6.02. The van der Waals surface area contributed by atoms with E-state index in [2.05, 4.69) is 0 Å². The first-order chi connectivity index (χ1) is 3.80. The Labute approximate surface area is 49.1 Å². The number of hydrogen-bond acceptors (Lipinski definition) is 1. The van der Waals surface area contributed by atoms with Gasteiger partial charge in [-0.05, 0) is 12.8 Å². The van der Waals surface area contributed by atoms with E-state index in [-0.39, 0.29) is 6.04 Å². The molecule has 0 aromatic rings. The normalized spacial score (nSPS) is 39.8. The minimum Gasteiger partial charge on any atom is -0.325 e. The Morgan fingerprint density at radius 3 is 2.25 bits per heavy atom. The number of alkyl halides is 1. The minimum atomic E-state index is -0.719. The van der Waals surface area contributed by atoms with Crippen LogP contribution in [0.2, 0.25) is 0 Å². The fraction of sp³-hybridized carbons (Fsp3) is 1.00. The van der Waals surface area contributed by atoms with Crippen LogP contribution in [-0.2, 0) is 0 Å². The van der Waals surface area contributed by atoms with Crippen LogP contribution in [0.5, 0.6) is 0 Å². The Kier molecular flexibility index (Phi) is 1.84. The van der Waals surface area contributed by atoms with Crippen molar-refractivity contribution in [3.05, 3.63) is 0 Å². The van der Waals surface area contributed by atoms with Crippen molar-refractivity contribution in [2.75, 3.05) is 0 Å². The fourth-order valence-electron chi connectivity index (χ4n) is 1.11. The molecular weight excluding hydrogens is 105 g/mol. The van der Waals surface area contributed by atoms with Gasteiger partial charge in [0, 0.05) is 6.04 Å². The van der Waals surface area contributed by atoms with Gasteiger partial charge in [0.05, 0.1) is 0 Å². The Morgan fingerprint density at radius 2 is 1.88 bits per heavy atom. The fourth-order valence-corrected chi connectivity index (χ4v) is 1.11. The molecule has 0 bridgehead atoms. The summed E-state index contributed by atoms with van der Waals surface area (Å²) < 4.78 is 12.5. The zero-order valence-corrected chi connectivity index (χ0v) is 4.94. The average molecular weight is 117 g/mol. The second kappa shape index (κ2) is 2.44. The lowest BCUT2D eigenvalue weighted by Crippen LogP contribution is -2.34. The number of nitrogens with two attached hydrogens (primary N) is 1. The summed E-state index contributed by atoms with van der Waals surface area (Å²) in [5.74, 6) is 0. The highest BCUT2D eigenvalue weighted by atomic mass is 19.1. The molecule has 1 saturated carbocycles. The van der Waals surface area contributed by atoms with Crippen molar-refractivity contribution in [3.63, 3.8) is 0 Å². The van der Waals surface area contributed by atoms with Crippen LogP contribution in [0.1, 0.15) is 25.7 Å². The minimum absolute atomic E-state index is 0.163. The van der Waals surface area contributed by atoms with Crippen LogP contribution in [-0.4, -0.2) is 12.2 Å². The topological polar surface area (TPSA) is 26.0 Å². The standard InChI is InChI=1S/C6H12FN/c7-5-3-1-2-4-6(5)8/h5-6H,1-4,8H2/t5?,6-/m0/s1. The lowest BCUT2D eigenvalue weighted by molar-refractivity contribution is 0.218. The van der Waals surface area contributed by atoms with Gasteiger partial charge in [0.1, 0.15) is 6.17 Å². The Morgan fingerprint density at radius 1 is 1.25 bits per heavy atom. The second-order valence-electron chi connectivity index (χ2n) is 2.46. The molecule has 0 heterocycles. The van der Waals surface area contributed by atoms with Crippen molar-refractivity contribution >= 4 is 0 Å². The highest BCUT2D eigenvalue weighted by molar-refractivity contribution is 4.76. The summed E-state index contributed by atoms with van der Waals surface area (Å²) >= 11 is 0. The molecule has 1 fully saturated rings. The molecule has 48 valence electrons. The monoisotopic (exact) mass is 117 g/mol. The molecule has 2 N–H and O–H groups in total. The summed E-state index contributed by atoms with van der Waals surface area (Å²) in [6.45, 7) is 0. The molecule has 1 unspecified atom stereocenters. The smallest absolute Gasteiger partial charge is 0.115 e. The lowest BCUT2D eigenvalue weighted by atomic mass is 9.95. The molecule has 0 saturated heterocycles. The molecule has 0 aromatic heterocycles. The van der Waals surface area contributed by atoms with E-state index in [0.717, 1.165) is 19.3 Å². The summed E-state index contributed by atoms with van der Waals surface area (Å²) in [5, 5.41) is 0. The molecule has 2 heteroatoms. The molecule has 2 atom stereocenters. The number of hydrogen-bond donors (Lipinski definition) is 1. The predicted octanol–water partition coefficient (Wildman–Crippen LogP) is 1.23. The summed E-state index contributed by atoms with van der Waals surface area (Å²) in [6, 6.07) is -0.163. The van der Waals surface area contributed by atoms with Gasteiger partial charge in [-0.1, -0.05) is 12.8 Å². The van der Waals surface area contributed by atoms with E-state index in [4.69, 9.17) is 5.73 Å². The quantitative estimate of drug-likeness (QED) is 0.507. The number of rotatable bonds is 0. The maximum Gasteiger partial charge on any atom is 0.115 e. The Hall–Kier alpha value is -0.110. The summed E-state index contributed by atoms with van der Waals surface area (Å²) in [6.07, 6.45) is 2.97. The third kappa shape index (κ3) is 1.19. The van der Waals surface area contributed by atoms with E-state index in [1.807, 2.05) is 0 Å². The molecule has 1 aliphatic carbocycles. The zero-order chi connectivity index (χ0) is 5.98. The molecule has 0 spiro atoms. The van der Waals surface area contributed by atoms with Gasteiger partial charge >= 0.3 is 0 Å². The number of halogens is 1. The van der Waals surface area contributed by atoms with Crippen molar-refractivity contribution in [2.45, 2.75) is 37.9 Å². The highest BCUT2D eigenvalue weighted by Crippen LogP contribution is 2.18. The van der Waals surface area contributed by atoms with Crippen LogP contribution in [0, 0.1) is 0 Å². The van der Waals surface area contributed by atoms with Crippen LogP contribution < -0.4 is 5.73 Å². The van der Waals surface area contributed by atoms with Crippen LogP contribution in [0.3, 0.4) is 0 Å². The highest BCUT2D eigenvalue weighted by Gasteiger charge is 2.19. The molecule has 8 heavy (non-hydrogen) atoms. The van der Waals surface area contributed by atoms with Gasteiger partial charge in [0.25, 0.3) is 0 Å². The Bertz CT molecular complexity index is 64.9. The molecule has 1 aliphatic rings. The Balaban J connectivity index is 2.28. The first-order valence-electron chi connectivity index (χ1n) is 3.20. The zero-order valence-electron chi connectivity index (χ0n) is 4.94. The largest absolute Gasteiger partial charge is 0.325 e. The van der Waals surface area contributed by atoms with E-state index < -0.39 is 6.17 Å². The van der Waals surface area contributed by atoms with Gasteiger partial charge in [-0.3, -0.25) is 0 Å². The van der Waals surface area contributed by atoms with Crippen molar-refractivity contribution in [1.29, 1.82) is 0 Å². The molecule has 0 aliphatic heterocycles. The lowest BCUT2D eigenvalue weighted by Gasteiger charge is -2.21. The maximum absolute atomic E-state index is 12.5. The molecule has 1 rings (SSSR count). The van der Waals surface area contributed by atoms with Crippen LogP contribution in [0.25, 0.3) is 0 Å². The van der Waals surface area contributed by atoms with Crippen molar-refractivity contribution in [1.82, 2.24) is 0 Å². The van der Waals surface area contributed by atoms with E-state index in [1.54, 1.807) is 0 Å². The van der Waals surface area contributed by atoms with E-state index >= 15 is 0 Å². The molecule has 0 radical (unpaired) electrons. The van der Waals surface area contributed by atoms with E-state index in [1.165, 1.54) is 0 Å². The maximum atomic E-state index is 12.5. The van der Waals surface area contributed by atoms with Crippen molar-refractivity contribution in [2.24, 2.45) is 5.73 Å². The molecule has 0 aromatic carbocycles. The van der Waals surface area contributed by atoms with Gasteiger partial charge in [-0.15, -0.1) is 0 Å². The van der Waals surface area contributed by atoms with Gasteiger partial charge < -0.3 is 5.73 Å². The van der Waals surface area contributed by atoms with Crippen molar-refractivity contribution < 1.29 is 4.39 Å². The van der Waals surface area contributed by atoms with Crippen LogP contribution >= 0.6 is 0 Å². The average Bonchev–Trinajstić information content (AvgIpc) is 1.77. The third-order valence-electron chi connectivity index (χ3n) is 1.73. The van der Waals surface area contributed by atoms with Gasteiger partial charge in [-0.2, -0.15) is 0 Å². The molecule has 0 amide bonds. The van der Waals surface area contributed by atoms with Gasteiger partial charge in [-0.25, -0.2) is 4.39 Å². The molecular formula is C6H12FN. The predicted molar refractivity (Wildman–Crippen MR) is 31.3 cm³/mol. The van der Waals surface area contributed by atoms with E-state index in [9.17, 15) is 4.39 Å².